The Morgan fingerprint density at radius 1 is 0.410 bits per heavy atom. The van der Waals surface area contributed by atoms with E-state index >= 15 is 0 Å². The van der Waals surface area contributed by atoms with Crippen LogP contribution < -0.4 is 10.5 Å². The second-order valence-corrected chi connectivity index (χ2v) is 9.63. The molecule has 2 N–H and O–H groups in total. The van der Waals surface area contributed by atoms with Crippen molar-refractivity contribution in [3.8, 4) is 5.75 Å². The van der Waals surface area contributed by atoms with Crippen molar-refractivity contribution < 1.29 is 33.2 Å². The van der Waals surface area contributed by atoms with Gasteiger partial charge >= 0.3 is 0 Å². The van der Waals surface area contributed by atoms with Crippen LogP contribution in [0.4, 0.5) is 5.69 Å². The van der Waals surface area contributed by atoms with Crippen LogP contribution in [-0.2, 0) is 28.4 Å². The van der Waals surface area contributed by atoms with Gasteiger partial charge in [-0.2, -0.15) is 0 Å². The molecule has 0 aliphatic carbocycles. The van der Waals surface area contributed by atoms with Crippen LogP contribution in [0.5, 0.6) is 5.75 Å². The second-order valence-electron chi connectivity index (χ2n) is 9.63. The molecule has 0 saturated carbocycles. The predicted octanol–water partition coefficient (Wildman–Crippen LogP) is 6.06. The van der Waals surface area contributed by atoms with Gasteiger partial charge in [-0.15, -0.1) is 0 Å². The lowest BCUT2D eigenvalue weighted by Crippen LogP contribution is -2.14. The summed E-state index contributed by atoms with van der Waals surface area (Å²) >= 11 is 0. The first-order chi connectivity index (χ1) is 19.3. The lowest BCUT2D eigenvalue weighted by molar-refractivity contribution is -0.0179. The van der Waals surface area contributed by atoms with Gasteiger partial charge in [0.2, 0.25) is 0 Å². The van der Waals surface area contributed by atoms with Gasteiger partial charge in [0.15, 0.2) is 0 Å². The highest BCUT2D eigenvalue weighted by atomic mass is 16.6. The van der Waals surface area contributed by atoms with Gasteiger partial charge in [0.25, 0.3) is 0 Å². The third kappa shape index (κ3) is 26.6. The minimum atomic E-state index is 0.491. The quantitative estimate of drug-likeness (QED) is 0.0874. The zero-order valence-electron chi connectivity index (χ0n) is 24.7. The van der Waals surface area contributed by atoms with E-state index in [-0.39, 0.29) is 0 Å². The molecule has 39 heavy (non-hydrogen) atoms. The molecule has 0 aliphatic rings. The third-order valence-corrected chi connectivity index (χ3v) is 6.13. The van der Waals surface area contributed by atoms with E-state index in [1.165, 1.54) is 64.2 Å². The highest BCUT2D eigenvalue weighted by molar-refractivity contribution is 5.41. The van der Waals surface area contributed by atoms with E-state index in [0.29, 0.717) is 79.3 Å². The number of nitrogens with two attached hydrogens (primary N) is 1. The number of hydrogen-bond acceptors (Lipinski definition) is 8. The topological polar surface area (TPSA) is 90.6 Å². The summed E-state index contributed by atoms with van der Waals surface area (Å²) in [7, 11) is 0. The second kappa shape index (κ2) is 29.6. The summed E-state index contributed by atoms with van der Waals surface area (Å²) in [6.45, 7) is 9.76. The molecule has 0 saturated heterocycles. The van der Waals surface area contributed by atoms with Crippen molar-refractivity contribution in [3.05, 3.63) is 24.3 Å². The van der Waals surface area contributed by atoms with Gasteiger partial charge in [0.1, 0.15) is 12.4 Å². The zero-order chi connectivity index (χ0) is 27.9. The Morgan fingerprint density at radius 3 is 1.15 bits per heavy atom. The molecule has 0 fully saturated rings. The van der Waals surface area contributed by atoms with Crippen molar-refractivity contribution >= 4 is 5.69 Å². The SMILES string of the molecule is CCCCCCCCCCCCCOCCOCCOCCOCCOCCOCCOc1ccc(N)cc1. The van der Waals surface area contributed by atoms with Crippen LogP contribution in [-0.4, -0.2) is 85.9 Å². The van der Waals surface area contributed by atoms with E-state index in [4.69, 9.17) is 38.9 Å². The van der Waals surface area contributed by atoms with Crippen LogP contribution in [0.2, 0.25) is 0 Å². The summed E-state index contributed by atoms with van der Waals surface area (Å²) in [6.07, 6.45) is 14.9. The number of ether oxygens (including phenoxy) is 7. The van der Waals surface area contributed by atoms with Crippen molar-refractivity contribution in [3.63, 3.8) is 0 Å². The van der Waals surface area contributed by atoms with Crippen molar-refractivity contribution in [2.75, 3.05) is 91.6 Å². The molecule has 0 amide bonds. The Kier molecular flexibility index (Phi) is 27.0. The van der Waals surface area contributed by atoms with E-state index in [1.54, 1.807) is 0 Å². The predicted molar refractivity (Wildman–Crippen MR) is 158 cm³/mol. The van der Waals surface area contributed by atoms with Crippen LogP contribution in [0.1, 0.15) is 77.6 Å². The molecule has 0 atom stereocenters. The maximum atomic E-state index is 5.65. The minimum absolute atomic E-state index is 0.491. The maximum absolute atomic E-state index is 5.65. The van der Waals surface area contributed by atoms with Crippen molar-refractivity contribution in [2.45, 2.75) is 77.6 Å². The molecule has 1 rings (SSSR count). The van der Waals surface area contributed by atoms with Gasteiger partial charge in [-0.1, -0.05) is 71.1 Å². The molecule has 1 aromatic rings. The fourth-order valence-electron chi connectivity index (χ4n) is 3.85. The molecule has 0 aromatic heterocycles. The summed E-state index contributed by atoms with van der Waals surface area (Å²) in [5.74, 6) is 0.785. The number of rotatable bonds is 31. The number of benzene rings is 1. The smallest absolute Gasteiger partial charge is 0.119 e. The molecule has 8 nitrogen and oxygen atoms in total. The van der Waals surface area contributed by atoms with E-state index in [0.717, 1.165) is 24.5 Å². The fraction of sp³-hybridized carbons (Fsp3) is 0.806. The van der Waals surface area contributed by atoms with Gasteiger partial charge in [-0.3, -0.25) is 0 Å². The first kappa shape index (κ1) is 35.6. The van der Waals surface area contributed by atoms with Crippen LogP contribution in [0, 0.1) is 0 Å². The Labute approximate surface area is 238 Å². The highest BCUT2D eigenvalue weighted by Crippen LogP contribution is 2.13. The molecule has 228 valence electrons. The van der Waals surface area contributed by atoms with Crippen LogP contribution in [0.15, 0.2) is 24.3 Å². The largest absolute Gasteiger partial charge is 0.491 e. The average molecular weight is 556 g/mol. The summed E-state index contributed by atoms with van der Waals surface area (Å²) in [5, 5.41) is 0. The standard InChI is InChI=1S/C31H57NO7/c1-2-3-4-5-6-7-8-9-10-11-12-17-33-18-19-34-20-21-35-22-23-36-24-25-37-26-27-38-28-29-39-31-15-13-30(32)14-16-31/h13-16H,2-12,17-29,32H2,1H3. The van der Waals surface area contributed by atoms with Crippen LogP contribution in [0.25, 0.3) is 0 Å². The number of unbranched alkanes of at least 4 members (excludes halogenated alkanes) is 10. The molecular weight excluding hydrogens is 498 g/mol. The average Bonchev–Trinajstić information content (AvgIpc) is 2.95. The zero-order valence-corrected chi connectivity index (χ0v) is 24.7. The van der Waals surface area contributed by atoms with Gasteiger partial charge in [-0.05, 0) is 30.7 Å². The van der Waals surface area contributed by atoms with Gasteiger partial charge < -0.3 is 38.9 Å². The Bertz CT molecular complexity index is 603. The molecule has 0 heterocycles. The van der Waals surface area contributed by atoms with Crippen molar-refractivity contribution in [1.82, 2.24) is 0 Å². The normalized spacial score (nSPS) is 11.3. The number of nitrogen functional groups attached to an aromatic ring is 1. The summed E-state index contributed by atoms with van der Waals surface area (Å²) in [4.78, 5) is 0. The van der Waals surface area contributed by atoms with E-state index in [1.807, 2.05) is 24.3 Å². The molecule has 0 bridgehead atoms. The number of anilines is 1. The van der Waals surface area contributed by atoms with Gasteiger partial charge in [0.05, 0.1) is 72.7 Å². The summed E-state index contributed by atoms with van der Waals surface area (Å²) in [5.41, 5.74) is 6.36. The third-order valence-electron chi connectivity index (χ3n) is 6.13. The summed E-state index contributed by atoms with van der Waals surface area (Å²) in [6, 6.07) is 7.30. The monoisotopic (exact) mass is 555 g/mol. The maximum Gasteiger partial charge on any atom is 0.119 e. The summed E-state index contributed by atoms with van der Waals surface area (Å²) < 4.78 is 38.7. The molecule has 0 aliphatic heterocycles. The first-order valence-electron chi connectivity index (χ1n) is 15.3. The highest BCUT2D eigenvalue weighted by Gasteiger charge is 1.97. The minimum Gasteiger partial charge on any atom is -0.491 e. The first-order valence-corrected chi connectivity index (χ1v) is 15.3. The number of hydrogen-bond donors (Lipinski definition) is 1. The molecular formula is C31H57NO7. The molecule has 1 aromatic carbocycles. The van der Waals surface area contributed by atoms with Crippen molar-refractivity contribution in [2.24, 2.45) is 0 Å². The van der Waals surface area contributed by atoms with Gasteiger partial charge in [0, 0.05) is 12.3 Å². The Balaban J connectivity index is 1.64. The lowest BCUT2D eigenvalue weighted by atomic mass is 10.1. The molecule has 0 spiro atoms. The molecule has 0 radical (unpaired) electrons. The van der Waals surface area contributed by atoms with Crippen LogP contribution >= 0.6 is 0 Å². The van der Waals surface area contributed by atoms with Crippen molar-refractivity contribution in [1.29, 1.82) is 0 Å². The fourth-order valence-corrected chi connectivity index (χ4v) is 3.85. The molecule has 8 heteroatoms. The Hall–Kier alpha value is -1.42. The van der Waals surface area contributed by atoms with E-state index in [9.17, 15) is 0 Å². The lowest BCUT2D eigenvalue weighted by Gasteiger charge is -2.09. The van der Waals surface area contributed by atoms with E-state index < -0.39 is 0 Å². The van der Waals surface area contributed by atoms with Crippen LogP contribution in [0.3, 0.4) is 0 Å². The van der Waals surface area contributed by atoms with E-state index in [2.05, 4.69) is 6.92 Å². The molecule has 0 unspecified atom stereocenters. The van der Waals surface area contributed by atoms with Gasteiger partial charge in [-0.25, -0.2) is 0 Å². The Morgan fingerprint density at radius 2 is 0.744 bits per heavy atom.